The van der Waals surface area contributed by atoms with E-state index in [0.29, 0.717) is 28.0 Å². The van der Waals surface area contributed by atoms with E-state index in [1.54, 1.807) is 23.5 Å². The maximum Gasteiger partial charge on any atom is 0.336 e. The molecule has 0 spiro atoms. The van der Waals surface area contributed by atoms with Gasteiger partial charge in [-0.25, -0.2) is 9.78 Å². The van der Waals surface area contributed by atoms with Gasteiger partial charge in [-0.3, -0.25) is 4.79 Å². The van der Waals surface area contributed by atoms with E-state index < -0.39 is 5.63 Å². The van der Waals surface area contributed by atoms with Crippen LogP contribution in [0.1, 0.15) is 29.0 Å². The molecule has 0 saturated heterocycles. The average Bonchev–Trinajstić information content (AvgIpc) is 3.10. The molecule has 0 saturated carbocycles. The number of aryl methyl sites for hydroxylation is 2. The summed E-state index contributed by atoms with van der Waals surface area (Å²) in [5.41, 5.74) is 2.32. The number of aromatic nitrogens is 1. The molecule has 0 bridgehead atoms. The van der Waals surface area contributed by atoms with Gasteiger partial charge in [-0.2, -0.15) is 0 Å². The first-order valence-corrected chi connectivity index (χ1v) is 10.4. The lowest BCUT2D eigenvalue weighted by molar-refractivity contribution is -0.145. The second-order valence-corrected chi connectivity index (χ2v) is 8.30. The lowest BCUT2D eigenvalue weighted by Gasteiger charge is -2.08. The summed E-state index contributed by atoms with van der Waals surface area (Å²) >= 11 is 7.83. The first-order valence-electron chi connectivity index (χ1n) is 9.22. The van der Waals surface area contributed by atoms with Gasteiger partial charge in [-0.15, -0.1) is 11.3 Å². The fraction of sp³-hybridized carbons (Fsp3) is 0.227. The summed E-state index contributed by atoms with van der Waals surface area (Å²) in [4.78, 5) is 28.5. The molecule has 2 heterocycles. The first-order chi connectivity index (χ1) is 14.0. The van der Waals surface area contributed by atoms with E-state index in [-0.39, 0.29) is 19.0 Å². The van der Waals surface area contributed by atoms with Gasteiger partial charge in [-0.05, 0) is 49.6 Å². The molecule has 0 aliphatic heterocycles. The normalized spacial score (nSPS) is 11.2. The van der Waals surface area contributed by atoms with E-state index in [1.807, 2.05) is 31.2 Å². The monoisotopic (exact) mass is 427 g/mol. The second kappa shape index (κ2) is 8.35. The summed E-state index contributed by atoms with van der Waals surface area (Å²) in [5.74, 6) is -0.314. The summed E-state index contributed by atoms with van der Waals surface area (Å²) in [6.45, 7) is 1.83. The first kappa shape index (κ1) is 19.6. The van der Waals surface area contributed by atoms with Gasteiger partial charge in [-0.1, -0.05) is 23.7 Å². The maximum absolute atomic E-state index is 12.2. The van der Waals surface area contributed by atoms with E-state index in [4.69, 9.17) is 20.8 Å². The Morgan fingerprint density at radius 2 is 2.07 bits per heavy atom. The van der Waals surface area contributed by atoms with Crippen molar-refractivity contribution in [2.24, 2.45) is 0 Å². The van der Waals surface area contributed by atoms with E-state index >= 15 is 0 Å². The van der Waals surface area contributed by atoms with Gasteiger partial charge < -0.3 is 9.15 Å². The number of para-hydroxylation sites is 1. The average molecular weight is 428 g/mol. The zero-order valence-electron chi connectivity index (χ0n) is 15.7. The number of ether oxygens (including phenoxy) is 1. The summed E-state index contributed by atoms with van der Waals surface area (Å²) in [5, 5.41) is 2.24. The van der Waals surface area contributed by atoms with Crippen LogP contribution in [0.4, 0.5) is 0 Å². The van der Waals surface area contributed by atoms with Crippen molar-refractivity contribution in [3.05, 3.63) is 74.0 Å². The van der Waals surface area contributed by atoms with Crippen LogP contribution in [-0.2, 0) is 22.6 Å². The van der Waals surface area contributed by atoms with Crippen LogP contribution in [0.3, 0.4) is 0 Å². The minimum atomic E-state index is -0.485. The van der Waals surface area contributed by atoms with Crippen LogP contribution in [0.5, 0.6) is 0 Å². The number of halogens is 1. The Kier molecular flexibility index (Phi) is 5.65. The number of carbonyl (C=O) groups is 1. The molecular weight excluding hydrogens is 410 g/mol. The van der Waals surface area contributed by atoms with E-state index in [9.17, 15) is 9.59 Å². The highest BCUT2D eigenvalue weighted by molar-refractivity contribution is 7.18. The SMILES string of the molecule is Cc1cc2oc(=O)cc(COC(=O)CCCc3nc4ccccc4s3)c2cc1Cl. The van der Waals surface area contributed by atoms with Crippen molar-refractivity contribution < 1.29 is 13.9 Å². The molecule has 0 aliphatic rings. The molecule has 0 unspecified atom stereocenters. The number of benzene rings is 2. The number of carbonyl (C=O) groups excluding carboxylic acids is 1. The van der Waals surface area contributed by atoms with Crippen LogP contribution in [0.25, 0.3) is 21.2 Å². The van der Waals surface area contributed by atoms with Gasteiger partial charge >= 0.3 is 11.6 Å². The quantitative estimate of drug-likeness (QED) is 0.303. The predicted octanol–water partition coefficient (Wildman–Crippen LogP) is 5.43. The Morgan fingerprint density at radius 3 is 2.90 bits per heavy atom. The second-order valence-electron chi connectivity index (χ2n) is 6.78. The van der Waals surface area contributed by atoms with Crippen molar-refractivity contribution in [2.75, 3.05) is 0 Å². The zero-order chi connectivity index (χ0) is 20.4. The third-order valence-corrected chi connectivity index (χ3v) is 6.11. The van der Waals surface area contributed by atoms with Crippen molar-refractivity contribution in [2.45, 2.75) is 32.8 Å². The molecular formula is C22H18ClNO4S. The zero-order valence-corrected chi connectivity index (χ0v) is 17.3. The van der Waals surface area contributed by atoms with E-state index in [2.05, 4.69) is 4.98 Å². The fourth-order valence-corrected chi connectivity index (χ4v) is 4.28. The molecule has 2 aromatic carbocycles. The Balaban J connectivity index is 1.37. The van der Waals surface area contributed by atoms with Gasteiger partial charge in [0.2, 0.25) is 0 Å². The number of hydrogen-bond donors (Lipinski definition) is 0. The minimum Gasteiger partial charge on any atom is -0.461 e. The Hall–Kier alpha value is -2.70. The Morgan fingerprint density at radius 1 is 1.24 bits per heavy atom. The standard InChI is InChI=1S/C22H18ClNO4S/c1-13-9-18-15(11-16(13)23)14(10-22(26)28-18)12-27-21(25)8-4-7-20-24-17-5-2-3-6-19(17)29-20/h2-3,5-6,9-11H,4,7-8,12H2,1H3. The lowest BCUT2D eigenvalue weighted by Crippen LogP contribution is -2.08. The number of hydrogen-bond acceptors (Lipinski definition) is 6. The molecule has 0 aliphatic carbocycles. The largest absolute Gasteiger partial charge is 0.461 e. The van der Waals surface area contributed by atoms with Crippen molar-refractivity contribution in [1.29, 1.82) is 0 Å². The highest BCUT2D eigenvalue weighted by Gasteiger charge is 2.11. The van der Waals surface area contributed by atoms with Crippen molar-refractivity contribution in [1.82, 2.24) is 4.98 Å². The van der Waals surface area contributed by atoms with Crippen LogP contribution >= 0.6 is 22.9 Å². The topological polar surface area (TPSA) is 69.4 Å². The van der Waals surface area contributed by atoms with Crippen molar-refractivity contribution >= 4 is 50.1 Å². The smallest absolute Gasteiger partial charge is 0.336 e. The Bertz CT molecular complexity index is 1230. The van der Waals surface area contributed by atoms with Crippen molar-refractivity contribution in [3.63, 3.8) is 0 Å². The summed E-state index contributed by atoms with van der Waals surface area (Å²) in [7, 11) is 0. The molecule has 2 aromatic heterocycles. The van der Waals surface area contributed by atoms with Crippen molar-refractivity contribution in [3.8, 4) is 0 Å². The molecule has 0 atom stereocenters. The van der Waals surface area contributed by atoms with Crippen LogP contribution in [0, 0.1) is 6.92 Å². The summed E-state index contributed by atoms with van der Waals surface area (Å²) in [6.07, 6.45) is 1.66. The summed E-state index contributed by atoms with van der Waals surface area (Å²) in [6, 6.07) is 12.8. The van der Waals surface area contributed by atoms with E-state index in [0.717, 1.165) is 27.2 Å². The third-order valence-electron chi connectivity index (χ3n) is 4.61. The lowest BCUT2D eigenvalue weighted by atomic mass is 10.1. The van der Waals surface area contributed by atoms with Crippen LogP contribution in [0.2, 0.25) is 5.02 Å². The van der Waals surface area contributed by atoms with Crippen LogP contribution < -0.4 is 5.63 Å². The van der Waals surface area contributed by atoms with E-state index in [1.165, 1.54) is 6.07 Å². The number of nitrogens with zero attached hydrogens (tertiary/aromatic N) is 1. The molecule has 29 heavy (non-hydrogen) atoms. The van der Waals surface area contributed by atoms with Gasteiger partial charge in [0.25, 0.3) is 0 Å². The minimum absolute atomic E-state index is 0.00145. The molecule has 5 nitrogen and oxygen atoms in total. The van der Waals surface area contributed by atoms with Crippen LogP contribution in [-0.4, -0.2) is 11.0 Å². The molecule has 7 heteroatoms. The third kappa shape index (κ3) is 4.49. The summed E-state index contributed by atoms with van der Waals surface area (Å²) < 4.78 is 11.7. The molecule has 0 amide bonds. The number of esters is 1. The van der Waals surface area contributed by atoms with Gasteiger partial charge in [0, 0.05) is 28.5 Å². The predicted molar refractivity (Wildman–Crippen MR) is 115 cm³/mol. The van der Waals surface area contributed by atoms with Gasteiger partial charge in [0.05, 0.1) is 15.2 Å². The van der Waals surface area contributed by atoms with Gasteiger partial charge in [0.15, 0.2) is 0 Å². The number of rotatable bonds is 6. The Labute approximate surface area is 175 Å². The van der Waals surface area contributed by atoms with Crippen LogP contribution in [0.15, 0.2) is 51.7 Å². The molecule has 4 aromatic rings. The molecule has 148 valence electrons. The fourth-order valence-electron chi connectivity index (χ4n) is 3.11. The highest BCUT2D eigenvalue weighted by atomic mass is 35.5. The number of fused-ring (bicyclic) bond motifs is 2. The molecule has 0 radical (unpaired) electrons. The number of thiazole rings is 1. The maximum atomic E-state index is 12.2. The molecule has 4 rings (SSSR count). The molecule has 0 fully saturated rings. The van der Waals surface area contributed by atoms with Gasteiger partial charge in [0.1, 0.15) is 12.2 Å². The molecule has 0 N–H and O–H groups in total. The highest BCUT2D eigenvalue weighted by Crippen LogP contribution is 2.26.